The summed E-state index contributed by atoms with van der Waals surface area (Å²) in [5.41, 5.74) is 0.547. The lowest BCUT2D eigenvalue weighted by molar-refractivity contribution is -0.140. The second kappa shape index (κ2) is 6.27. The standard InChI is InChI=1S/C15H16O4/c16-9-11-1-5-13(6-2-11)15(18)19-14-7-3-12(10-17)4-8-14/h3-4,7-11,13H,1-2,5-6H2. The van der Waals surface area contributed by atoms with Crippen molar-refractivity contribution >= 4 is 18.5 Å². The minimum Gasteiger partial charge on any atom is -0.426 e. The quantitative estimate of drug-likeness (QED) is 0.474. The maximum atomic E-state index is 11.9. The van der Waals surface area contributed by atoms with Crippen LogP contribution in [0.3, 0.4) is 0 Å². The van der Waals surface area contributed by atoms with Crippen LogP contribution in [0.2, 0.25) is 0 Å². The zero-order valence-electron chi connectivity index (χ0n) is 10.6. The van der Waals surface area contributed by atoms with Crippen molar-refractivity contribution in [2.24, 2.45) is 11.8 Å². The molecule has 1 aromatic carbocycles. The van der Waals surface area contributed by atoms with Gasteiger partial charge in [-0.1, -0.05) is 0 Å². The van der Waals surface area contributed by atoms with Gasteiger partial charge in [-0.05, 0) is 49.9 Å². The van der Waals surface area contributed by atoms with E-state index in [0.717, 1.165) is 25.4 Å². The first-order valence-electron chi connectivity index (χ1n) is 6.45. The van der Waals surface area contributed by atoms with Crippen LogP contribution < -0.4 is 4.74 Å². The highest BCUT2D eigenvalue weighted by Gasteiger charge is 2.27. The van der Waals surface area contributed by atoms with Crippen LogP contribution >= 0.6 is 0 Å². The molecule has 1 aromatic rings. The Morgan fingerprint density at radius 3 is 2.21 bits per heavy atom. The largest absolute Gasteiger partial charge is 0.426 e. The lowest BCUT2D eigenvalue weighted by atomic mass is 9.83. The fraction of sp³-hybridized carbons (Fsp3) is 0.400. The third-order valence-electron chi connectivity index (χ3n) is 3.53. The van der Waals surface area contributed by atoms with Gasteiger partial charge in [-0.2, -0.15) is 0 Å². The monoisotopic (exact) mass is 260 g/mol. The topological polar surface area (TPSA) is 60.4 Å². The average Bonchev–Trinajstić information content (AvgIpc) is 2.48. The molecule has 1 aliphatic carbocycles. The number of carbonyl (C=O) groups is 3. The molecule has 1 fully saturated rings. The number of benzene rings is 1. The Kier molecular flexibility index (Phi) is 4.44. The van der Waals surface area contributed by atoms with Crippen LogP contribution in [0.25, 0.3) is 0 Å². The van der Waals surface area contributed by atoms with Crippen LogP contribution in [0.5, 0.6) is 5.75 Å². The van der Waals surface area contributed by atoms with Crippen LogP contribution in [0.4, 0.5) is 0 Å². The number of carbonyl (C=O) groups excluding carboxylic acids is 3. The molecule has 19 heavy (non-hydrogen) atoms. The first-order valence-corrected chi connectivity index (χ1v) is 6.45. The molecule has 0 saturated heterocycles. The Bertz CT molecular complexity index is 456. The molecular formula is C15H16O4. The molecule has 0 N–H and O–H groups in total. The lowest BCUT2D eigenvalue weighted by Crippen LogP contribution is -2.26. The summed E-state index contributed by atoms with van der Waals surface area (Å²) in [5.74, 6) is 0.175. The second-order valence-electron chi connectivity index (χ2n) is 4.86. The van der Waals surface area contributed by atoms with Gasteiger partial charge < -0.3 is 9.53 Å². The first-order chi connectivity index (χ1) is 9.22. The van der Waals surface area contributed by atoms with Gasteiger partial charge in [0.1, 0.15) is 18.3 Å². The number of rotatable bonds is 4. The zero-order chi connectivity index (χ0) is 13.7. The molecule has 0 amide bonds. The van der Waals surface area contributed by atoms with Crippen LogP contribution in [-0.4, -0.2) is 18.5 Å². The summed E-state index contributed by atoms with van der Waals surface area (Å²) < 4.78 is 5.28. The summed E-state index contributed by atoms with van der Waals surface area (Å²) >= 11 is 0. The Balaban J connectivity index is 1.90. The molecule has 1 aliphatic rings. The molecule has 100 valence electrons. The van der Waals surface area contributed by atoms with Gasteiger partial charge in [0, 0.05) is 11.5 Å². The fourth-order valence-electron chi connectivity index (χ4n) is 2.30. The third-order valence-corrected chi connectivity index (χ3v) is 3.53. The maximum absolute atomic E-state index is 11.9. The molecule has 2 rings (SSSR count). The van der Waals surface area contributed by atoms with Crippen molar-refractivity contribution in [1.29, 1.82) is 0 Å². The molecule has 0 heterocycles. The van der Waals surface area contributed by atoms with E-state index in [1.54, 1.807) is 24.3 Å². The molecule has 0 radical (unpaired) electrons. The van der Waals surface area contributed by atoms with E-state index in [-0.39, 0.29) is 17.8 Å². The van der Waals surface area contributed by atoms with Crippen molar-refractivity contribution < 1.29 is 19.1 Å². The molecule has 4 nitrogen and oxygen atoms in total. The van der Waals surface area contributed by atoms with Gasteiger partial charge in [-0.3, -0.25) is 9.59 Å². The van der Waals surface area contributed by atoms with E-state index in [4.69, 9.17) is 4.74 Å². The van der Waals surface area contributed by atoms with Crippen LogP contribution in [0.1, 0.15) is 36.0 Å². The van der Waals surface area contributed by atoms with Crippen LogP contribution in [0, 0.1) is 11.8 Å². The number of aldehydes is 2. The van der Waals surface area contributed by atoms with Gasteiger partial charge in [-0.15, -0.1) is 0 Å². The average molecular weight is 260 g/mol. The summed E-state index contributed by atoms with van der Waals surface area (Å²) in [5, 5.41) is 0. The van der Waals surface area contributed by atoms with Gasteiger partial charge in [0.15, 0.2) is 0 Å². The smallest absolute Gasteiger partial charge is 0.314 e. The number of hydrogen-bond acceptors (Lipinski definition) is 4. The van der Waals surface area contributed by atoms with E-state index in [0.29, 0.717) is 24.2 Å². The Hall–Kier alpha value is -1.97. The van der Waals surface area contributed by atoms with Gasteiger partial charge in [0.2, 0.25) is 0 Å². The SMILES string of the molecule is O=Cc1ccc(OC(=O)C2CCC(C=O)CC2)cc1. The zero-order valence-corrected chi connectivity index (χ0v) is 10.6. The van der Waals surface area contributed by atoms with Crippen LogP contribution in [0.15, 0.2) is 24.3 Å². The molecule has 1 saturated carbocycles. The van der Waals surface area contributed by atoms with Gasteiger partial charge in [0.05, 0.1) is 5.92 Å². The molecule has 0 bridgehead atoms. The summed E-state index contributed by atoms with van der Waals surface area (Å²) in [6, 6.07) is 6.44. The molecule has 4 heteroatoms. The molecule has 0 atom stereocenters. The van der Waals surface area contributed by atoms with E-state index < -0.39 is 0 Å². The van der Waals surface area contributed by atoms with Crippen molar-refractivity contribution in [2.45, 2.75) is 25.7 Å². The van der Waals surface area contributed by atoms with Gasteiger partial charge >= 0.3 is 5.97 Å². The van der Waals surface area contributed by atoms with Gasteiger partial charge in [-0.25, -0.2) is 0 Å². The number of hydrogen-bond donors (Lipinski definition) is 0. The highest BCUT2D eigenvalue weighted by molar-refractivity contribution is 5.77. The summed E-state index contributed by atoms with van der Waals surface area (Å²) in [6.45, 7) is 0. The summed E-state index contributed by atoms with van der Waals surface area (Å²) in [4.78, 5) is 33.1. The number of esters is 1. The Morgan fingerprint density at radius 1 is 1.05 bits per heavy atom. The van der Waals surface area contributed by atoms with Crippen molar-refractivity contribution in [1.82, 2.24) is 0 Å². The first kappa shape index (κ1) is 13.5. The van der Waals surface area contributed by atoms with E-state index in [1.807, 2.05) is 0 Å². The normalized spacial score (nSPS) is 22.5. The fourth-order valence-corrected chi connectivity index (χ4v) is 2.30. The summed E-state index contributed by atoms with van der Waals surface area (Å²) in [7, 11) is 0. The van der Waals surface area contributed by atoms with Gasteiger partial charge in [0.25, 0.3) is 0 Å². The molecule has 0 spiro atoms. The van der Waals surface area contributed by atoms with E-state index in [2.05, 4.69) is 0 Å². The van der Waals surface area contributed by atoms with E-state index in [1.165, 1.54) is 0 Å². The maximum Gasteiger partial charge on any atom is 0.314 e. The molecule has 0 unspecified atom stereocenters. The molecule has 0 aromatic heterocycles. The van der Waals surface area contributed by atoms with E-state index in [9.17, 15) is 14.4 Å². The van der Waals surface area contributed by atoms with E-state index >= 15 is 0 Å². The van der Waals surface area contributed by atoms with Crippen molar-refractivity contribution in [2.75, 3.05) is 0 Å². The van der Waals surface area contributed by atoms with Crippen molar-refractivity contribution in [3.05, 3.63) is 29.8 Å². The van der Waals surface area contributed by atoms with Crippen molar-refractivity contribution in [3.63, 3.8) is 0 Å². The van der Waals surface area contributed by atoms with Crippen LogP contribution in [-0.2, 0) is 9.59 Å². The summed E-state index contributed by atoms with van der Waals surface area (Å²) in [6.07, 6.45) is 4.63. The predicted octanol–water partition coefficient (Wildman–Crippen LogP) is 2.41. The Labute approximate surface area is 111 Å². The van der Waals surface area contributed by atoms with Crippen molar-refractivity contribution in [3.8, 4) is 5.75 Å². The minimum absolute atomic E-state index is 0.0934. The highest BCUT2D eigenvalue weighted by atomic mass is 16.5. The third kappa shape index (κ3) is 3.50. The minimum atomic E-state index is -0.247. The molecule has 0 aliphatic heterocycles. The molecular weight excluding hydrogens is 244 g/mol. The highest BCUT2D eigenvalue weighted by Crippen LogP contribution is 2.28. The lowest BCUT2D eigenvalue weighted by Gasteiger charge is -2.23. The predicted molar refractivity (Wildman–Crippen MR) is 69.0 cm³/mol. The Morgan fingerprint density at radius 2 is 1.68 bits per heavy atom. The number of ether oxygens (including phenoxy) is 1. The second-order valence-corrected chi connectivity index (χ2v) is 4.86.